The number of sulfone groups is 1. The van der Waals surface area contributed by atoms with Crippen LogP contribution in [0.2, 0.25) is 0 Å². The van der Waals surface area contributed by atoms with Crippen molar-refractivity contribution in [1.82, 2.24) is 14.7 Å². The van der Waals surface area contributed by atoms with Gasteiger partial charge in [-0.1, -0.05) is 6.92 Å². The Hall–Kier alpha value is -1.58. The van der Waals surface area contributed by atoms with Crippen LogP contribution in [-0.4, -0.2) is 53.6 Å². The molecule has 0 bridgehead atoms. The molecule has 1 atom stereocenters. The maximum atomic E-state index is 12.4. The van der Waals surface area contributed by atoms with Crippen molar-refractivity contribution < 1.29 is 26.4 Å². The molecule has 0 unspecified atom stereocenters. The Kier molecular flexibility index (Phi) is 5.60. The first-order valence-electron chi connectivity index (χ1n) is 6.53. The smallest absolute Gasteiger partial charge is 0.340 e. The minimum atomic E-state index is -4.57. The van der Waals surface area contributed by atoms with Crippen LogP contribution in [-0.2, 0) is 27.4 Å². The molecule has 0 aliphatic heterocycles. The number of carbonyl (C=O) groups is 1. The third kappa shape index (κ3) is 5.00. The van der Waals surface area contributed by atoms with Crippen molar-refractivity contribution in [3.05, 3.63) is 18.0 Å². The third-order valence-corrected chi connectivity index (χ3v) is 5.09. The second kappa shape index (κ2) is 6.67. The van der Waals surface area contributed by atoms with Gasteiger partial charge in [0.1, 0.15) is 6.54 Å². The molecule has 126 valence electrons. The van der Waals surface area contributed by atoms with Crippen LogP contribution in [0, 0.1) is 0 Å². The Balaban J connectivity index is 2.70. The summed E-state index contributed by atoms with van der Waals surface area (Å²) in [5, 5.41) is 3.28. The summed E-state index contributed by atoms with van der Waals surface area (Å²) in [4.78, 5) is 13.2. The van der Waals surface area contributed by atoms with Crippen molar-refractivity contribution in [3.8, 4) is 0 Å². The highest BCUT2D eigenvalue weighted by Crippen LogP contribution is 2.27. The molecule has 0 fully saturated rings. The summed E-state index contributed by atoms with van der Waals surface area (Å²) in [6.45, 7) is 2.69. The number of rotatable bonds is 6. The van der Waals surface area contributed by atoms with Gasteiger partial charge in [0.05, 0.1) is 5.75 Å². The van der Waals surface area contributed by atoms with Crippen molar-refractivity contribution >= 4 is 15.7 Å². The predicted octanol–water partition coefficient (Wildman–Crippen LogP) is 1.18. The summed E-state index contributed by atoms with van der Waals surface area (Å²) in [5.74, 6) is -0.748. The van der Waals surface area contributed by atoms with Crippen LogP contribution in [0.1, 0.15) is 19.5 Å². The van der Waals surface area contributed by atoms with Gasteiger partial charge in [-0.2, -0.15) is 18.3 Å². The van der Waals surface area contributed by atoms with Crippen LogP contribution in [0.15, 0.2) is 12.3 Å². The van der Waals surface area contributed by atoms with E-state index in [1.54, 1.807) is 6.92 Å². The van der Waals surface area contributed by atoms with Crippen molar-refractivity contribution in [1.29, 1.82) is 0 Å². The highest BCUT2D eigenvalue weighted by Gasteiger charge is 2.33. The van der Waals surface area contributed by atoms with E-state index >= 15 is 0 Å². The van der Waals surface area contributed by atoms with Gasteiger partial charge >= 0.3 is 6.18 Å². The highest BCUT2D eigenvalue weighted by atomic mass is 32.2. The summed E-state index contributed by atoms with van der Waals surface area (Å²) in [5.41, 5.74) is -1.08. The van der Waals surface area contributed by atoms with Crippen LogP contribution in [0.5, 0.6) is 0 Å². The van der Waals surface area contributed by atoms with Crippen molar-refractivity contribution in [2.75, 3.05) is 18.6 Å². The molecule has 1 aromatic heterocycles. The van der Waals surface area contributed by atoms with E-state index in [4.69, 9.17) is 0 Å². The molecule has 6 nitrogen and oxygen atoms in total. The zero-order valence-corrected chi connectivity index (χ0v) is 13.3. The third-order valence-electron chi connectivity index (χ3n) is 3.22. The summed E-state index contributed by atoms with van der Waals surface area (Å²) in [6.07, 6.45) is -3.51. The lowest BCUT2D eigenvalue weighted by Crippen LogP contribution is -2.41. The molecule has 1 rings (SSSR count). The molecule has 0 radical (unpaired) electrons. The van der Waals surface area contributed by atoms with Gasteiger partial charge in [0.2, 0.25) is 5.91 Å². The quantitative estimate of drug-likeness (QED) is 0.779. The number of hydrogen-bond donors (Lipinski definition) is 0. The number of carbonyl (C=O) groups excluding carboxylic acids is 1. The van der Waals surface area contributed by atoms with Crippen LogP contribution in [0.4, 0.5) is 13.2 Å². The number of alkyl halides is 3. The van der Waals surface area contributed by atoms with Gasteiger partial charge in [-0.05, 0) is 13.0 Å². The molecule has 1 heterocycles. The Morgan fingerprint density at radius 2 is 2.05 bits per heavy atom. The molecule has 0 spiro atoms. The number of nitrogens with zero attached hydrogens (tertiary/aromatic N) is 3. The SMILES string of the molecule is CCS(=O)(=O)C[C@@H](C)N(C)C(=O)Cn1ccc(C(F)(F)F)n1. The van der Waals surface area contributed by atoms with Crippen LogP contribution in [0.3, 0.4) is 0 Å². The van der Waals surface area contributed by atoms with Gasteiger partial charge in [-0.3, -0.25) is 9.48 Å². The Morgan fingerprint density at radius 1 is 1.45 bits per heavy atom. The lowest BCUT2D eigenvalue weighted by molar-refractivity contribution is -0.142. The Labute approximate surface area is 126 Å². The van der Waals surface area contributed by atoms with E-state index in [1.165, 1.54) is 18.9 Å². The van der Waals surface area contributed by atoms with Crippen molar-refractivity contribution in [3.63, 3.8) is 0 Å². The van der Waals surface area contributed by atoms with E-state index in [1.807, 2.05) is 0 Å². The molecule has 1 aromatic rings. The predicted molar refractivity (Wildman–Crippen MR) is 73.8 cm³/mol. The number of likely N-dealkylation sites (N-methyl/N-ethyl adjacent to an activating group) is 1. The highest BCUT2D eigenvalue weighted by molar-refractivity contribution is 7.91. The molecule has 0 aliphatic carbocycles. The average molecular weight is 341 g/mol. The normalized spacial score (nSPS) is 13.9. The fraction of sp³-hybridized carbons (Fsp3) is 0.667. The maximum Gasteiger partial charge on any atom is 0.435 e. The van der Waals surface area contributed by atoms with Crippen molar-refractivity contribution in [2.45, 2.75) is 32.6 Å². The van der Waals surface area contributed by atoms with E-state index in [2.05, 4.69) is 5.10 Å². The molecular weight excluding hydrogens is 323 g/mol. The van der Waals surface area contributed by atoms with Crippen LogP contribution in [0.25, 0.3) is 0 Å². The number of aromatic nitrogens is 2. The lowest BCUT2D eigenvalue weighted by atomic mass is 10.3. The van der Waals surface area contributed by atoms with Gasteiger partial charge in [-0.25, -0.2) is 8.42 Å². The summed E-state index contributed by atoms with van der Waals surface area (Å²) in [7, 11) is -1.84. The Bertz CT molecular complexity index is 625. The molecular formula is C12H18F3N3O3S. The minimum absolute atomic E-state index is 0.0343. The number of halogens is 3. The van der Waals surface area contributed by atoms with Gasteiger partial charge in [-0.15, -0.1) is 0 Å². The number of hydrogen-bond acceptors (Lipinski definition) is 4. The molecule has 0 aliphatic rings. The summed E-state index contributed by atoms with van der Waals surface area (Å²) >= 11 is 0. The standard InChI is InChI=1S/C12H18F3N3O3S/c1-4-22(20,21)8-9(2)17(3)11(19)7-18-6-5-10(16-18)12(13,14)15/h5-6,9H,4,7-8H2,1-3H3/t9-/m1/s1. The molecule has 0 saturated heterocycles. The summed E-state index contributed by atoms with van der Waals surface area (Å²) < 4.78 is 61.2. The molecule has 10 heteroatoms. The fourth-order valence-electron chi connectivity index (χ4n) is 1.69. The Morgan fingerprint density at radius 3 is 2.50 bits per heavy atom. The van der Waals surface area contributed by atoms with Gasteiger partial charge < -0.3 is 4.90 Å². The van der Waals surface area contributed by atoms with Gasteiger partial charge in [0, 0.05) is 25.0 Å². The van der Waals surface area contributed by atoms with Crippen LogP contribution >= 0.6 is 0 Å². The molecule has 0 N–H and O–H groups in total. The monoisotopic (exact) mass is 341 g/mol. The molecule has 0 aromatic carbocycles. The second-order valence-corrected chi connectivity index (χ2v) is 7.35. The largest absolute Gasteiger partial charge is 0.435 e. The van der Waals surface area contributed by atoms with Crippen molar-refractivity contribution in [2.24, 2.45) is 0 Å². The maximum absolute atomic E-state index is 12.4. The minimum Gasteiger partial charge on any atom is -0.340 e. The fourth-order valence-corrected chi connectivity index (χ4v) is 2.89. The van der Waals surface area contributed by atoms with E-state index in [9.17, 15) is 26.4 Å². The molecule has 1 amide bonds. The lowest BCUT2D eigenvalue weighted by Gasteiger charge is -2.24. The molecule has 22 heavy (non-hydrogen) atoms. The number of amides is 1. The first kappa shape index (κ1) is 18.5. The van der Waals surface area contributed by atoms with Gasteiger partial charge in [0.15, 0.2) is 15.5 Å². The second-order valence-electron chi connectivity index (χ2n) is 4.95. The van der Waals surface area contributed by atoms with E-state index in [0.717, 1.165) is 16.9 Å². The van der Waals surface area contributed by atoms with E-state index in [-0.39, 0.29) is 18.1 Å². The zero-order valence-electron chi connectivity index (χ0n) is 12.5. The first-order chi connectivity index (χ1) is 9.96. The van der Waals surface area contributed by atoms with Gasteiger partial charge in [0.25, 0.3) is 0 Å². The van der Waals surface area contributed by atoms with E-state index in [0.29, 0.717) is 0 Å². The average Bonchev–Trinajstić information content (AvgIpc) is 2.85. The molecule has 0 saturated carbocycles. The van der Waals surface area contributed by atoms with Crippen LogP contribution < -0.4 is 0 Å². The zero-order chi connectivity index (χ0) is 17.1. The topological polar surface area (TPSA) is 72.3 Å². The van der Waals surface area contributed by atoms with E-state index < -0.39 is 33.7 Å². The summed E-state index contributed by atoms with van der Waals surface area (Å²) in [6, 6.07) is 0.202. The first-order valence-corrected chi connectivity index (χ1v) is 8.35.